The Morgan fingerprint density at radius 3 is 2.77 bits per heavy atom. The molecule has 3 heterocycles. The fourth-order valence-corrected chi connectivity index (χ4v) is 5.80. The third-order valence-corrected chi connectivity index (χ3v) is 8.19. The van der Waals surface area contributed by atoms with Gasteiger partial charge in [-0.05, 0) is 36.6 Å². The Labute approximate surface area is 226 Å². The Morgan fingerprint density at radius 2 is 2.03 bits per heavy atom. The minimum Gasteiger partial charge on any atom is -0.497 e. The number of methoxy groups -OCH3 is 1. The van der Waals surface area contributed by atoms with Crippen molar-refractivity contribution in [2.24, 2.45) is 0 Å². The topological polar surface area (TPSA) is 145 Å². The van der Waals surface area contributed by atoms with E-state index in [0.717, 1.165) is 24.0 Å². The minimum atomic E-state index is -3.72. The van der Waals surface area contributed by atoms with E-state index in [4.69, 9.17) is 15.6 Å². The van der Waals surface area contributed by atoms with Gasteiger partial charge in [0.15, 0.2) is 5.65 Å². The number of carbonyl (C=O) groups is 1. The number of carbonyl (C=O) groups excluding carboxylic acids is 1. The zero-order valence-corrected chi connectivity index (χ0v) is 22.3. The number of piperidine rings is 1. The lowest BCUT2D eigenvalue weighted by atomic mass is 10.1. The number of benzene rings is 2. The number of ether oxygens (including phenoxy) is 1. The van der Waals surface area contributed by atoms with Crippen molar-refractivity contribution in [2.75, 3.05) is 25.9 Å². The molecule has 1 fully saturated rings. The summed E-state index contributed by atoms with van der Waals surface area (Å²) in [5.74, 6) is 0.666. The first-order chi connectivity index (χ1) is 18.8. The molecule has 3 N–H and O–H groups in total. The standard InChI is InChI=1S/C27H29N7O4S/c1-3-23(35)33-13-5-6-20(16-33)34-27-24(26(28)29-17-30-27)25(32-34)19-11-9-18(10-12-19)15-31-39(36,37)22-8-4-7-21(14-22)38-2/h3-4,7-12,14,17,20,31H,1,5-6,13,15-16H2,2H3,(H2,28,29,30). The van der Waals surface area contributed by atoms with Crippen LogP contribution in [0.5, 0.6) is 5.75 Å². The van der Waals surface area contributed by atoms with Gasteiger partial charge in [0.05, 0.1) is 23.4 Å². The molecule has 1 unspecified atom stereocenters. The zero-order valence-electron chi connectivity index (χ0n) is 21.4. The van der Waals surface area contributed by atoms with Crippen molar-refractivity contribution in [3.05, 3.63) is 73.1 Å². The lowest BCUT2D eigenvalue weighted by Crippen LogP contribution is -2.40. The molecule has 12 heteroatoms. The van der Waals surface area contributed by atoms with Crippen molar-refractivity contribution in [3.8, 4) is 17.0 Å². The van der Waals surface area contributed by atoms with Crippen molar-refractivity contribution in [1.29, 1.82) is 0 Å². The second-order valence-electron chi connectivity index (χ2n) is 9.24. The number of aromatic nitrogens is 4. The molecule has 1 aliphatic rings. The summed E-state index contributed by atoms with van der Waals surface area (Å²) in [6.45, 7) is 4.88. The molecule has 202 valence electrons. The highest BCUT2D eigenvalue weighted by molar-refractivity contribution is 7.89. The minimum absolute atomic E-state index is 0.0708. The van der Waals surface area contributed by atoms with Crippen LogP contribution < -0.4 is 15.2 Å². The molecule has 39 heavy (non-hydrogen) atoms. The van der Waals surface area contributed by atoms with E-state index in [1.165, 1.54) is 31.6 Å². The Bertz CT molecular complexity index is 1630. The molecule has 0 radical (unpaired) electrons. The smallest absolute Gasteiger partial charge is 0.246 e. The van der Waals surface area contributed by atoms with E-state index >= 15 is 0 Å². The summed E-state index contributed by atoms with van der Waals surface area (Å²) < 4.78 is 35.1. The number of nitrogens with zero attached hydrogens (tertiary/aromatic N) is 5. The van der Waals surface area contributed by atoms with Crippen LogP contribution in [0.2, 0.25) is 0 Å². The predicted molar refractivity (Wildman–Crippen MR) is 147 cm³/mol. The number of fused-ring (bicyclic) bond motifs is 1. The van der Waals surface area contributed by atoms with Gasteiger partial charge in [0.25, 0.3) is 0 Å². The van der Waals surface area contributed by atoms with Gasteiger partial charge in [-0.3, -0.25) is 4.79 Å². The van der Waals surface area contributed by atoms with Crippen LogP contribution in [0.3, 0.4) is 0 Å². The van der Waals surface area contributed by atoms with E-state index in [1.54, 1.807) is 17.0 Å². The number of hydrogen-bond acceptors (Lipinski definition) is 8. The van der Waals surface area contributed by atoms with Gasteiger partial charge >= 0.3 is 0 Å². The molecule has 1 amide bonds. The molecule has 5 rings (SSSR count). The molecule has 2 aromatic heterocycles. The maximum atomic E-state index is 12.7. The monoisotopic (exact) mass is 547 g/mol. The molecule has 4 aromatic rings. The molecular weight excluding hydrogens is 518 g/mol. The number of nitrogen functional groups attached to an aromatic ring is 1. The van der Waals surface area contributed by atoms with Crippen LogP contribution in [-0.2, 0) is 21.4 Å². The van der Waals surface area contributed by atoms with Gasteiger partial charge in [-0.1, -0.05) is 36.9 Å². The lowest BCUT2D eigenvalue weighted by Gasteiger charge is -2.32. The summed E-state index contributed by atoms with van der Waals surface area (Å²) >= 11 is 0. The molecule has 1 saturated heterocycles. The van der Waals surface area contributed by atoms with Crippen molar-refractivity contribution in [3.63, 3.8) is 0 Å². The van der Waals surface area contributed by atoms with Crippen molar-refractivity contribution >= 4 is 32.8 Å². The Kier molecular flexibility index (Phi) is 7.31. The summed E-state index contributed by atoms with van der Waals surface area (Å²) in [5.41, 5.74) is 9.05. The number of anilines is 1. The van der Waals surface area contributed by atoms with Gasteiger partial charge in [0, 0.05) is 31.3 Å². The maximum absolute atomic E-state index is 12.7. The second-order valence-corrected chi connectivity index (χ2v) is 11.0. The molecule has 2 aromatic carbocycles. The van der Waals surface area contributed by atoms with Crippen molar-refractivity contribution in [1.82, 2.24) is 29.4 Å². The molecule has 1 atom stereocenters. The van der Waals surface area contributed by atoms with E-state index in [2.05, 4.69) is 21.3 Å². The van der Waals surface area contributed by atoms with Gasteiger partial charge in [0.2, 0.25) is 15.9 Å². The van der Waals surface area contributed by atoms with Crippen LogP contribution in [0.1, 0.15) is 24.4 Å². The first kappa shape index (κ1) is 26.3. The van der Waals surface area contributed by atoms with E-state index in [9.17, 15) is 13.2 Å². The van der Waals surface area contributed by atoms with Gasteiger partial charge < -0.3 is 15.4 Å². The average Bonchev–Trinajstić information content (AvgIpc) is 3.37. The fourth-order valence-electron chi connectivity index (χ4n) is 4.75. The third-order valence-electron chi connectivity index (χ3n) is 6.79. The summed E-state index contributed by atoms with van der Waals surface area (Å²) in [6, 6.07) is 13.6. The average molecular weight is 548 g/mol. The second kappa shape index (κ2) is 10.8. The normalized spacial score (nSPS) is 15.8. The van der Waals surface area contributed by atoms with Crippen LogP contribution in [0.15, 0.2) is 72.4 Å². The molecule has 0 bridgehead atoms. The third kappa shape index (κ3) is 5.33. The number of hydrogen-bond donors (Lipinski definition) is 2. The van der Waals surface area contributed by atoms with Crippen LogP contribution >= 0.6 is 0 Å². The number of nitrogens with two attached hydrogens (primary N) is 1. The summed E-state index contributed by atoms with van der Waals surface area (Å²) in [6.07, 6.45) is 4.41. The summed E-state index contributed by atoms with van der Waals surface area (Å²) in [7, 11) is -2.24. The van der Waals surface area contributed by atoms with E-state index in [-0.39, 0.29) is 23.4 Å². The number of rotatable bonds is 8. The van der Waals surface area contributed by atoms with E-state index < -0.39 is 10.0 Å². The Balaban J connectivity index is 1.40. The number of nitrogens with one attached hydrogen (secondary N) is 1. The molecular formula is C27H29N7O4S. The quantitative estimate of drug-likeness (QED) is 0.320. The van der Waals surface area contributed by atoms with E-state index in [0.29, 0.717) is 41.4 Å². The largest absolute Gasteiger partial charge is 0.497 e. The summed E-state index contributed by atoms with van der Waals surface area (Å²) in [5, 5.41) is 5.52. The van der Waals surface area contributed by atoms with Gasteiger partial charge in [-0.25, -0.2) is 27.8 Å². The lowest BCUT2D eigenvalue weighted by molar-refractivity contribution is -0.127. The Hall–Kier alpha value is -4.29. The van der Waals surface area contributed by atoms with Crippen molar-refractivity contribution in [2.45, 2.75) is 30.3 Å². The van der Waals surface area contributed by atoms with Crippen LogP contribution in [0.25, 0.3) is 22.3 Å². The number of sulfonamides is 1. The fraction of sp³-hybridized carbons (Fsp3) is 0.259. The number of likely N-dealkylation sites (tertiary alicyclic amines) is 1. The van der Waals surface area contributed by atoms with Crippen molar-refractivity contribution < 1.29 is 17.9 Å². The first-order valence-corrected chi connectivity index (χ1v) is 13.9. The SMILES string of the molecule is C=CC(=O)N1CCCC(n2nc(-c3ccc(CNS(=O)(=O)c4cccc(OC)c4)cc3)c3c(N)ncnc32)C1. The Morgan fingerprint density at radius 1 is 1.23 bits per heavy atom. The number of amides is 1. The highest BCUT2D eigenvalue weighted by Gasteiger charge is 2.28. The first-order valence-electron chi connectivity index (χ1n) is 12.4. The summed E-state index contributed by atoms with van der Waals surface area (Å²) in [4.78, 5) is 22.8. The highest BCUT2D eigenvalue weighted by Crippen LogP contribution is 2.34. The van der Waals surface area contributed by atoms with E-state index in [1.807, 2.05) is 28.9 Å². The molecule has 0 saturated carbocycles. The zero-order chi connectivity index (χ0) is 27.6. The van der Waals surface area contributed by atoms with Gasteiger partial charge in [-0.2, -0.15) is 5.10 Å². The molecule has 11 nitrogen and oxygen atoms in total. The van der Waals surface area contributed by atoms with Gasteiger partial charge in [-0.15, -0.1) is 0 Å². The predicted octanol–water partition coefficient (Wildman–Crippen LogP) is 2.91. The molecule has 1 aliphatic heterocycles. The van der Waals surface area contributed by atoms with Crippen LogP contribution in [-0.4, -0.2) is 59.2 Å². The molecule has 0 spiro atoms. The maximum Gasteiger partial charge on any atom is 0.246 e. The molecule has 0 aliphatic carbocycles. The highest BCUT2D eigenvalue weighted by atomic mass is 32.2. The van der Waals surface area contributed by atoms with Gasteiger partial charge in [0.1, 0.15) is 23.6 Å². The van der Waals surface area contributed by atoms with Crippen LogP contribution in [0, 0.1) is 0 Å². The van der Waals surface area contributed by atoms with Crippen LogP contribution in [0.4, 0.5) is 5.82 Å².